The zero-order valence-electron chi connectivity index (χ0n) is 8.16. The van der Waals surface area contributed by atoms with E-state index in [2.05, 4.69) is 29.9 Å². The van der Waals surface area contributed by atoms with Crippen LogP contribution >= 0.6 is 12.6 Å². The fourth-order valence-electron chi connectivity index (χ4n) is 1.19. The van der Waals surface area contributed by atoms with Crippen LogP contribution in [0.5, 0.6) is 0 Å². The molecule has 1 rings (SSSR count). The molecule has 0 radical (unpaired) electrons. The molecule has 4 heteroatoms. The number of amides is 1. The van der Waals surface area contributed by atoms with E-state index in [1.54, 1.807) is 6.20 Å². The van der Waals surface area contributed by atoms with Crippen LogP contribution in [0.25, 0.3) is 0 Å². The summed E-state index contributed by atoms with van der Waals surface area (Å²) in [5.41, 5.74) is 2.11. The summed E-state index contributed by atoms with van der Waals surface area (Å²) in [7, 11) is 0. The third-order valence-corrected chi connectivity index (χ3v) is 2.25. The lowest BCUT2D eigenvalue weighted by Crippen LogP contribution is -2.24. The van der Waals surface area contributed by atoms with Crippen molar-refractivity contribution in [2.75, 3.05) is 5.75 Å². The Morgan fingerprint density at radius 3 is 3.07 bits per heavy atom. The van der Waals surface area contributed by atoms with Crippen molar-refractivity contribution in [2.24, 2.45) is 0 Å². The molecule has 1 aromatic heterocycles. The molecule has 1 N–H and O–H groups in total. The average molecular weight is 210 g/mol. The number of carbonyl (C=O) groups excluding carboxylic acids is 1. The second-order valence-corrected chi connectivity index (χ2v) is 3.21. The lowest BCUT2D eigenvalue weighted by molar-refractivity contribution is -0.118. The smallest absolute Gasteiger partial charge is 0.230 e. The van der Waals surface area contributed by atoms with E-state index in [0.29, 0.717) is 6.54 Å². The van der Waals surface area contributed by atoms with Gasteiger partial charge in [-0.1, -0.05) is 13.0 Å². The van der Waals surface area contributed by atoms with Gasteiger partial charge in [0, 0.05) is 6.20 Å². The van der Waals surface area contributed by atoms with Gasteiger partial charge in [-0.3, -0.25) is 9.78 Å². The van der Waals surface area contributed by atoms with Crippen molar-refractivity contribution < 1.29 is 4.79 Å². The van der Waals surface area contributed by atoms with Gasteiger partial charge in [0.2, 0.25) is 5.91 Å². The molecule has 0 bridgehead atoms. The van der Waals surface area contributed by atoms with Gasteiger partial charge in [-0.2, -0.15) is 12.6 Å². The van der Waals surface area contributed by atoms with Gasteiger partial charge in [0.05, 0.1) is 18.0 Å². The minimum absolute atomic E-state index is 0.0685. The van der Waals surface area contributed by atoms with E-state index in [9.17, 15) is 4.79 Å². The van der Waals surface area contributed by atoms with E-state index in [-0.39, 0.29) is 11.7 Å². The van der Waals surface area contributed by atoms with Crippen LogP contribution in [0.15, 0.2) is 18.3 Å². The molecule has 0 fully saturated rings. The van der Waals surface area contributed by atoms with Crippen LogP contribution in [0.3, 0.4) is 0 Å². The molecule has 0 aliphatic heterocycles. The number of thiol groups is 1. The van der Waals surface area contributed by atoms with E-state index >= 15 is 0 Å². The Hall–Kier alpha value is -1.03. The number of nitrogens with zero attached hydrogens (tertiary/aromatic N) is 1. The van der Waals surface area contributed by atoms with Crippen LogP contribution in [0.2, 0.25) is 0 Å². The van der Waals surface area contributed by atoms with Gasteiger partial charge in [-0.25, -0.2) is 0 Å². The topological polar surface area (TPSA) is 42.0 Å². The molecule has 1 aromatic rings. The molecule has 0 atom stereocenters. The van der Waals surface area contributed by atoms with Gasteiger partial charge >= 0.3 is 0 Å². The van der Waals surface area contributed by atoms with Crippen LogP contribution in [-0.2, 0) is 17.8 Å². The Morgan fingerprint density at radius 2 is 2.43 bits per heavy atom. The van der Waals surface area contributed by atoms with Crippen LogP contribution < -0.4 is 5.32 Å². The highest BCUT2D eigenvalue weighted by Gasteiger charge is 2.02. The molecule has 1 amide bonds. The van der Waals surface area contributed by atoms with Crippen molar-refractivity contribution in [1.29, 1.82) is 0 Å². The van der Waals surface area contributed by atoms with Crippen LogP contribution in [0.1, 0.15) is 18.2 Å². The Morgan fingerprint density at radius 1 is 1.64 bits per heavy atom. The molecule has 0 aromatic carbocycles. The normalized spacial score (nSPS) is 9.86. The van der Waals surface area contributed by atoms with Crippen molar-refractivity contribution >= 4 is 18.5 Å². The molecule has 0 saturated carbocycles. The van der Waals surface area contributed by atoms with Crippen LogP contribution in [-0.4, -0.2) is 16.6 Å². The predicted octanol–water partition coefficient (Wildman–Crippen LogP) is 1.19. The molecule has 1 heterocycles. The van der Waals surface area contributed by atoms with Gasteiger partial charge in [0.1, 0.15) is 0 Å². The van der Waals surface area contributed by atoms with Gasteiger partial charge in [0.15, 0.2) is 0 Å². The van der Waals surface area contributed by atoms with Crippen LogP contribution in [0, 0.1) is 0 Å². The predicted molar refractivity (Wildman–Crippen MR) is 59.3 cm³/mol. The number of pyridine rings is 1. The maximum atomic E-state index is 11.0. The van der Waals surface area contributed by atoms with Gasteiger partial charge in [-0.15, -0.1) is 0 Å². The number of rotatable bonds is 4. The van der Waals surface area contributed by atoms with E-state index in [1.807, 2.05) is 12.1 Å². The molecule has 3 nitrogen and oxygen atoms in total. The molecule has 0 aliphatic rings. The monoisotopic (exact) mass is 210 g/mol. The highest BCUT2D eigenvalue weighted by Crippen LogP contribution is 2.05. The van der Waals surface area contributed by atoms with E-state index in [1.165, 1.54) is 5.56 Å². The average Bonchev–Trinajstić information content (AvgIpc) is 2.26. The van der Waals surface area contributed by atoms with E-state index < -0.39 is 0 Å². The van der Waals surface area contributed by atoms with Gasteiger partial charge in [-0.05, 0) is 18.1 Å². The zero-order chi connectivity index (χ0) is 10.4. The van der Waals surface area contributed by atoms with Crippen molar-refractivity contribution in [3.8, 4) is 0 Å². The number of aromatic nitrogens is 1. The third kappa shape index (κ3) is 3.03. The summed E-state index contributed by atoms with van der Waals surface area (Å²) in [4.78, 5) is 15.2. The van der Waals surface area contributed by atoms with Gasteiger partial charge < -0.3 is 5.32 Å². The number of hydrogen-bond donors (Lipinski definition) is 2. The lowest BCUT2D eigenvalue weighted by Gasteiger charge is -2.06. The second kappa shape index (κ2) is 5.65. The minimum Gasteiger partial charge on any atom is -0.350 e. The summed E-state index contributed by atoms with van der Waals surface area (Å²) in [6, 6.07) is 3.93. The fraction of sp³-hybridized carbons (Fsp3) is 0.400. The third-order valence-electron chi connectivity index (χ3n) is 1.96. The summed E-state index contributed by atoms with van der Waals surface area (Å²) in [6.45, 7) is 2.56. The highest BCUT2D eigenvalue weighted by atomic mass is 32.1. The maximum absolute atomic E-state index is 11.0. The molecule has 0 saturated heterocycles. The van der Waals surface area contributed by atoms with Crippen LogP contribution in [0.4, 0.5) is 0 Å². The summed E-state index contributed by atoms with van der Waals surface area (Å²) in [5, 5.41) is 2.75. The molecule has 0 unspecified atom stereocenters. The highest BCUT2D eigenvalue weighted by molar-refractivity contribution is 7.81. The first-order valence-corrected chi connectivity index (χ1v) is 5.21. The number of nitrogens with one attached hydrogen (secondary N) is 1. The van der Waals surface area contributed by atoms with Gasteiger partial charge in [0.25, 0.3) is 0 Å². The first-order valence-electron chi connectivity index (χ1n) is 4.58. The van der Waals surface area contributed by atoms with E-state index in [4.69, 9.17) is 0 Å². The Bertz CT molecular complexity index is 315. The molecule has 0 spiro atoms. The first kappa shape index (κ1) is 11.0. The summed E-state index contributed by atoms with van der Waals surface area (Å²) < 4.78 is 0. The Balaban J connectivity index is 2.61. The molecular formula is C10H14N2OS. The number of carbonyl (C=O) groups is 1. The second-order valence-electron chi connectivity index (χ2n) is 2.90. The quantitative estimate of drug-likeness (QED) is 0.733. The SMILES string of the molecule is CCc1cccnc1CNC(=O)CS. The van der Waals surface area contributed by atoms with Crippen molar-refractivity contribution in [3.63, 3.8) is 0 Å². The summed E-state index contributed by atoms with van der Waals surface area (Å²) in [5.74, 6) is 0.148. The Kier molecular flexibility index (Phi) is 4.46. The summed E-state index contributed by atoms with van der Waals surface area (Å²) in [6.07, 6.45) is 2.67. The molecule has 14 heavy (non-hydrogen) atoms. The molecule has 0 aliphatic carbocycles. The zero-order valence-corrected chi connectivity index (χ0v) is 9.05. The molecular weight excluding hydrogens is 196 g/mol. The standard InChI is InChI=1S/C10H14N2OS/c1-2-8-4-3-5-11-9(8)6-12-10(13)7-14/h3-5,14H,2,6-7H2,1H3,(H,12,13). The van der Waals surface area contributed by atoms with E-state index in [0.717, 1.165) is 12.1 Å². The van der Waals surface area contributed by atoms with Crippen molar-refractivity contribution in [2.45, 2.75) is 19.9 Å². The lowest BCUT2D eigenvalue weighted by atomic mass is 10.1. The number of aryl methyl sites for hydroxylation is 1. The fourth-order valence-corrected chi connectivity index (χ4v) is 1.30. The van der Waals surface area contributed by atoms with Crippen molar-refractivity contribution in [3.05, 3.63) is 29.6 Å². The minimum atomic E-state index is -0.0685. The first-order chi connectivity index (χ1) is 6.77. The maximum Gasteiger partial charge on any atom is 0.230 e. The largest absolute Gasteiger partial charge is 0.350 e. The molecule has 76 valence electrons. The van der Waals surface area contributed by atoms with Crippen molar-refractivity contribution in [1.82, 2.24) is 10.3 Å². The summed E-state index contributed by atoms with van der Waals surface area (Å²) >= 11 is 3.88. The number of hydrogen-bond acceptors (Lipinski definition) is 3. The Labute approximate surface area is 89.3 Å².